The smallest absolute Gasteiger partial charge is 0.0540 e. The second kappa shape index (κ2) is 2.87. The van der Waals surface area contributed by atoms with Gasteiger partial charge in [0.05, 0.1) is 9.52 Å². The summed E-state index contributed by atoms with van der Waals surface area (Å²) in [6, 6.07) is 1.41. The highest BCUT2D eigenvalue weighted by Gasteiger charge is 1.93. The fourth-order valence-corrected chi connectivity index (χ4v) is 2.26. The average molecular weight is 124 g/mol. The Labute approximate surface area is 53.1 Å². The fourth-order valence-electron chi connectivity index (χ4n) is 0.981. The van der Waals surface area contributed by atoms with E-state index in [1.165, 1.54) is 12.5 Å². The van der Waals surface area contributed by atoms with Gasteiger partial charge in [-0.3, -0.25) is 0 Å². The molecule has 0 saturated carbocycles. The molecule has 0 bridgehead atoms. The maximum Gasteiger partial charge on any atom is 0.0540 e. The van der Waals surface area contributed by atoms with Crippen molar-refractivity contribution in [1.29, 1.82) is 0 Å². The molecule has 44 valence electrons. The Hall–Kier alpha value is -0.303. The van der Waals surface area contributed by atoms with Gasteiger partial charge in [0.25, 0.3) is 0 Å². The van der Waals surface area contributed by atoms with E-state index < -0.39 is 0 Å². The third-order valence-corrected chi connectivity index (χ3v) is 2.99. The molecule has 0 N–H and O–H groups in total. The molecule has 0 radical (unpaired) electrons. The molecule has 0 atom stereocenters. The molecule has 0 heterocycles. The number of hydrogen-bond donors (Lipinski definition) is 0. The first-order valence-corrected chi connectivity index (χ1v) is 4.99. The van der Waals surface area contributed by atoms with Crippen molar-refractivity contribution in [1.82, 2.24) is 0 Å². The second-order valence-corrected chi connectivity index (χ2v) is 4.48. The SMILES string of the molecule is CC[SiH2]C1=CCC=C1. The third-order valence-electron chi connectivity index (χ3n) is 1.39. The second-order valence-electron chi connectivity index (χ2n) is 2.17. The van der Waals surface area contributed by atoms with E-state index in [1.807, 2.05) is 0 Å². The van der Waals surface area contributed by atoms with E-state index in [1.54, 1.807) is 5.20 Å². The predicted octanol–water partition coefficient (Wildman–Crippen LogP) is 1.44. The minimum absolute atomic E-state index is 0.172. The molecule has 0 aromatic carbocycles. The molecule has 0 aromatic heterocycles. The van der Waals surface area contributed by atoms with E-state index in [2.05, 4.69) is 25.2 Å². The Kier molecular flexibility index (Phi) is 2.09. The first-order chi connectivity index (χ1) is 3.93. The molecule has 8 heavy (non-hydrogen) atoms. The molecule has 0 aromatic rings. The number of allylic oxidation sites excluding steroid dienone is 4. The van der Waals surface area contributed by atoms with Crippen molar-refractivity contribution < 1.29 is 0 Å². The highest BCUT2D eigenvalue weighted by Crippen LogP contribution is 2.07. The molecule has 0 amide bonds. The average Bonchev–Trinajstić information content (AvgIpc) is 2.19. The van der Waals surface area contributed by atoms with Crippen molar-refractivity contribution in [2.45, 2.75) is 19.4 Å². The molecular formula is C7H12Si. The van der Waals surface area contributed by atoms with Gasteiger partial charge in [0.2, 0.25) is 0 Å². The number of rotatable bonds is 2. The predicted molar refractivity (Wildman–Crippen MR) is 40.9 cm³/mol. The Morgan fingerprint density at radius 2 is 2.62 bits per heavy atom. The molecule has 0 saturated heterocycles. The van der Waals surface area contributed by atoms with Crippen molar-refractivity contribution in [3.63, 3.8) is 0 Å². The Balaban J connectivity index is 2.34. The summed E-state index contributed by atoms with van der Waals surface area (Å²) in [4.78, 5) is 0. The largest absolute Gasteiger partial charge is 0.0822 e. The quantitative estimate of drug-likeness (QED) is 0.489. The molecule has 1 aliphatic rings. The van der Waals surface area contributed by atoms with Crippen LogP contribution in [0, 0.1) is 0 Å². The summed E-state index contributed by atoms with van der Waals surface area (Å²) in [7, 11) is 0.172. The molecule has 0 fully saturated rings. The zero-order valence-electron chi connectivity index (χ0n) is 5.35. The summed E-state index contributed by atoms with van der Waals surface area (Å²) in [5.74, 6) is 0. The standard InChI is InChI=1S/C7H12Si/c1-2-8-7-5-3-4-6-7/h3,5-6H,2,4,8H2,1H3. The van der Waals surface area contributed by atoms with Gasteiger partial charge >= 0.3 is 0 Å². The Bertz CT molecular complexity index is 122. The first kappa shape index (κ1) is 5.83. The molecule has 0 nitrogen and oxygen atoms in total. The van der Waals surface area contributed by atoms with Crippen LogP contribution in [0.25, 0.3) is 0 Å². The normalized spacial score (nSPS) is 18.4. The van der Waals surface area contributed by atoms with Gasteiger partial charge in [0.15, 0.2) is 0 Å². The molecule has 0 aliphatic heterocycles. The highest BCUT2D eigenvalue weighted by molar-refractivity contribution is 6.46. The van der Waals surface area contributed by atoms with Gasteiger partial charge in [-0.15, -0.1) is 0 Å². The van der Waals surface area contributed by atoms with Crippen LogP contribution in [0.3, 0.4) is 0 Å². The summed E-state index contributed by atoms with van der Waals surface area (Å²) in [5.41, 5.74) is 0. The zero-order valence-corrected chi connectivity index (χ0v) is 6.77. The van der Waals surface area contributed by atoms with Gasteiger partial charge in [0.1, 0.15) is 0 Å². The van der Waals surface area contributed by atoms with Gasteiger partial charge < -0.3 is 0 Å². The van der Waals surface area contributed by atoms with Crippen LogP contribution in [0.2, 0.25) is 6.04 Å². The van der Waals surface area contributed by atoms with Crippen LogP contribution in [0.4, 0.5) is 0 Å². The zero-order chi connectivity index (χ0) is 5.82. The van der Waals surface area contributed by atoms with Gasteiger partial charge in [-0.1, -0.05) is 36.4 Å². The van der Waals surface area contributed by atoms with Crippen LogP contribution in [-0.2, 0) is 0 Å². The van der Waals surface area contributed by atoms with E-state index in [9.17, 15) is 0 Å². The van der Waals surface area contributed by atoms with Gasteiger partial charge in [0, 0.05) is 0 Å². The maximum absolute atomic E-state index is 2.36. The van der Waals surface area contributed by atoms with Crippen molar-refractivity contribution >= 4 is 9.52 Å². The van der Waals surface area contributed by atoms with Gasteiger partial charge in [-0.25, -0.2) is 0 Å². The summed E-state index contributed by atoms with van der Waals surface area (Å²) >= 11 is 0. The van der Waals surface area contributed by atoms with Gasteiger partial charge in [-0.05, 0) is 6.42 Å². The Morgan fingerprint density at radius 1 is 1.75 bits per heavy atom. The lowest BCUT2D eigenvalue weighted by Crippen LogP contribution is -1.86. The van der Waals surface area contributed by atoms with E-state index >= 15 is 0 Å². The van der Waals surface area contributed by atoms with Crippen molar-refractivity contribution in [2.75, 3.05) is 0 Å². The molecule has 0 spiro atoms. The van der Waals surface area contributed by atoms with Crippen molar-refractivity contribution in [3.8, 4) is 0 Å². The van der Waals surface area contributed by atoms with E-state index in [4.69, 9.17) is 0 Å². The lowest BCUT2D eigenvalue weighted by molar-refractivity contribution is 1.43. The monoisotopic (exact) mass is 124 g/mol. The topological polar surface area (TPSA) is 0 Å². The molecule has 1 aliphatic carbocycles. The van der Waals surface area contributed by atoms with Crippen LogP contribution < -0.4 is 0 Å². The lowest BCUT2D eigenvalue weighted by atomic mass is 10.5. The van der Waals surface area contributed by atoms with Gasteiger partial charge in [-0.2, -0.15) is 0 Å². The minimum atomic E-state index is 0.172. The van der Waals surface area contributed by atoms with Crippen LogP contribution in [0.15, 0.2) is 23.4 Å². The summed E-state index contributed by atoms with van der Waals surface area (Å²) in [5, 5.41) is 1.66. The van der Waals surface area contributed by atoms with E-state index in [-0.39, 0.29) is 9.52 Å². The molecule has 0 unspecified atom stereocenters. The molecule has 1 rings (SSSR count). The highest BCUT2D eigenvalue weighted by atomic mass is 28.2. The van der Waals surface area contributed by atoms with Crippen molar-refractivity contribution in [3.05, 3.63) is 23.4 Å². The van der Waals surface area contributed by atoms with Crippen LogP contribution in [-0.4, -0.2) is 9.52 Å². The lowest BCUT2D eigenvalue weighted by Gasteiger charge is -1.89. The Morgan fingerprint density at radius 3 is 3.12 bits per heavy atom. The maximum atomic E-state index is 2.36. The summed E-state index contributed by atoms with van der Waals surface area (Å²) in [6.07, 6.45) is 8.09. The molecule has 1 heteroatoms. The minimum Gasteiger partial charge on any atom is -0.0822 e. The van der Waals surface area contributed by atoms with E-state index in [0.29, 0.717) is 0 Å². The van der Waals surface area contributed by atoms with Crippen LogP contribution >= 0.6 is 0 Å². The summed E-state index contributed by atoms with van der Waals surface area (Å²) in [6.45, 7) is 2.28. The van der Waals surface area contributed by atoms with E-state index in [0.717, 1.165) is 0 Å². The number of hydrogen-bond acceptors (Lipinski definition) is 0. The first-order valence-electron chi connectivity index (χ1n) is 3.29. The third kappa shape index (κ3) is 1.34. The van der Waals surface area contributed by atoms with Crippen molar-refractivity contribution in [2.24, 2.45) is 0 Å². The molecular weight excluding hydrogens is 112 g/mol. The summed E-state index contributed by atoms with van der Waals surface area (Å²) < 4.78 is 0. The van der Waals surface area contributed by atoms with Crippen LogP contribution in [0.1, 0.15) is 13.3 Å². The fraction of sp³-hybridized carbons (Fsp3) is 0.429. The van der Waals surface area contributed by atoms with Crippen LogP contribution in [0.5, 0.6) is 0 Å².